The van der Waals surface area contributed by atoms with Crippen LogP contribution in [0.1, 0.15) is 11.1 Å². The maximum atomic E-state index is 9.72. The minimum Gasteiger partial charge on any atom is -0.508 e. The lowest BCUT2D eigenvalue weighted by Crippen LogP contribution is -2.01. The molecule has 2 aromatic heterocycles. The molecule has 4 aromatic rings. The summed E-state index contributed by atoms with van der Waals surface area (Å²) in [4.78, 5) is 9.07. The van der Waals surface area contributed by atoms with Crippen LogP contribution in [0.2, 0.25) is 0 Å². The number of aromatic nitrogens is 3. The Hall–Kier alpha value is -3.34. The van der Waals surface area contributed by atoms with Gasteiger partial charge in [-0.1, -0.05) is 18.2 Å². The zero-order valence-corrected chi connectivity index (χ0v) is 15.0. The van der Waals surface area contributed by atoms with Gasteiger partial charge in [-0.3, -0.25) is 0 Å². The molecule has 2 aromatic carbocycles. The Kier molecular flexibility index (Phi) is 3.84. The quantitative estimate of drug-likeness (QED) is 0.529. The molecule has 0 radical (unpaired) electrons. The van der Waals surface area contributed by atoms with Crippen LogP contribution in [0.5, 0.6) is 5.75 Å². The van der Waals surface area contributed by atoms with Gasteiger partial charge in [-0.15, -0.1) is 0 Å². The molecule has 0 saturated carbocycles. The summed E-state index contributed by atoms with van der Waals surface area (Å²) in [5.41, 5.74) is 5.92. The fourth-order valence-corrected chi connectivity index (χ4v) is 3.36. The Labute approximate surface area is 152 Å². The second kappa shape index (κ2) is 6.19. The number of nitrogens with one attached hydrogen (secondary N) is 1. The summed E-state index contributed by atoms with van der Waals surface area (Å²) in [6.07, 6.45) is 3.85. The van der Waals surface area contributed by atoms with E-state index in [4.69, 9.17) is 4.98 Å². The third-order valence-corrected chi connectivity index (χ3v) is 4.58. The average Bonchev–Trinajstić information content (AvgIpc) is 2.96. The molecule has 0 atom stereocenters. The number of anilines is 2. The van der Waals surface area contributed by atoms with Gasteiger partial charge < -0.3 is 15.0 Å². The first-order chi connectivity index (χ1) is 12.5. The molecule has 0 amide bonds. The number of fused-ring (bicyclic) bond motifs is 1. The van der Waals surface area contributed by atoms with E-state index in [0.717, 1.165) is 33.5 Å². The Morgan fingerprint density at radius 2 is 1.77 bits per heavy atom. The minimum atomic E-state index is 0.260. The van der Waals surface area contributed by atoms with Crippen molar-refractivity contribution in [2.24, 2.45) is 7.05 Å². The summed E-state index contributed by atoms with van der Waals surface area (Å²) in [5.74, 6) is 0.795. The van der Waals surface area contributed by atoms with E-state index >= 15 is 0 Å². The van der Waals surface area contributed by atoms with Crippen molar-refractivity contribution in [2.45, 2.75) is 13.8 Å². The van der Waals surface area contributed by atoms with Crippen LogP contribution in [0.15, 0.2) is 54.9 Å². The lowest BCUT2D eigenvalue weighted by molar-refractivity contribution is 0.474. The molecule has 0 bridgehead atoms. The molecule has 0 unspecified atom stereocenters. The van der Waals surface area contributed by atoms with E-state index < -0.39 is 0 Å². The zero-order valence-electron chi connectivity index (χ0n) is 15.0. The van der Waals surface area contributed by atoms with Crippen LogP contribution in [0.4, 0.5) is 11.6 Å². The van der Waals surface area contributed by atoms with Crippen molar-refractivity contribution in [3.8, 4) is 17.0 Å². The van der Waals surface area contributed by atoms with Crippen molar-refractivity contribution >= 4 is 22.5 Å². The Morgan fingerprint density at radius 1 is 1.04 bits per heavy atom. The maximum absolute atomic E-state index is 9.72. The van der Waals surface area contributed by atoms with Crippen LogP contribution in [-0.4, -0.2) is 19.6 Å². The summed E-state index contributed by atoms with van der Waals surface area (Å²) in [5, 5.41) is 14.2. The Morgan fingerprint density at radius 3 is 2.54 bits per heavy atom. The SMILES string of the molecule is Cc1cc(O)cc(C)c1Nc1nccc(-c2cn(C)c3ccccc23)n1. The Bertz CT molecular complexity index is 1090. The van der Waals surface area contributed by atoms with Crippen molar-refractivity contribution in [1.29, 1.82) is 0 Å². The number of hydrogen-bond acceptors (Lipinski definition) is 4. The fraction of sp³-hybridized carbons (Fsp3) is 0.143. The summed E-state index contributed by atoms with van der Waals surface area (Å²) < 4.78 is 2.11. The molecule has 5 heteroatoms. The number of hydrogen-bond donors (Lipinski definition) is 2. The number of rotatable bonds is 3. The second-order valence-electron chi connectivity index (χ2n) is 6.52. The smallest absolute Gasteiger partial charge is 0.227 e. The minimum absolute atomic E-state index is 0.260. The number of phenols is 1. The first-order valence-corrected chi connectivity index (χ1v) is 8.47. The molecule has 26 heavy (non-hydrogen) atoms. The summed E-state index contributed by atoms with van der Waals surface area (Å²) in [7, 11) is 2.04. The van der Waals surface area contributed by atoms with Gasteiger partial charge in [-0.25, -0.2) is 9.97 Å². The van der Waals surface area contributed by atoms with E-state index in [0.29, 0.717) is 5.95 Å². The second-order valence-corrected chi connectivity index (χ2v) is 6.52. The first kappa shape index (κ1) is 16.1. The van der Waals surface area contributed by atoms with Crippen molar-refractivity contribution in [1.82, 2.24) is 14.5 Å². The number of benzene rings is 2. The fourth-order valence-electron chi connectivity index (χ4n) is 3.36. The van der Waals surface area contributed by atoms with Gasteiger partial charge in [0, 0.05) is 41.6 Å². The molecule has 0 saturated heterocycles. The number of phenolic OH excluding ortho intramolecular Hbond substituents is 1. The molecule has 0 fully saturated rings. The van der Waals surface area contributed by atoms with Gasteiger partial charge in [0.25, 0.3) is 0 Å². The van der Waals surface area contributed by atoms with Crippen LogP contribution < -0.4 is 5.32 Å². The molecule has 0 aliphatic rings. The van der Waals surface area contributed by atoms with Gasteiger partial charge in [-0.2, -0.15) is 0 Å². The van der Waals surface area contributed by atoms with Crippen molar-refractivity contribution in [3.63, 3.8) is 0 Å². The highest BCUT2D eigenvalue weighted by Crippen LogP contribution is 2.31. The topological polar surface area (TPSA) is 63.0 Å². The molecule has 0 aliphatic carbocycles. The lowest BCUT2D eigenvalue weighted by atomic mass is 10.1. The molecular formula is C21H20N4O. The molecule has 4 rings (SSSR count). The van der Waals surface area contributed by atoms with Gasteiger partial charge in [0.15, 0.2) is 0 Å². The molecule has 0 aliphatic heterocycles. The van der Waals surface area contributed by atoms with Crippen LogP contribution in [0, 0.1) is 13.8 Å². The van der Waals surface area contributed by atoms with Crippen LogP contribution in [0.25, 0.3) is 22.2 Å². The largest absolute Gasteiger partial charge is 0.508 e. The zero-order chi connectivity index (χ0) is 18.3. The summed E-state index contributed by atoms with van der Waals surface area (Å²) in [6.45, 7) is 3.90. The van der Waals surface area contributed by atoms with Gasteiger partial charge >= 0.3 is 0 Å². The van der Waals surface area contributed by atoms with Crippen LogP contribution in [0.3, 0.4) is 0 Å². The molecule has 2 N–H and O–H groups in total. The molecule has 130 valence electrons. The number of nitrogens with zero attached hydrogens (tertiary/aromatic N) is 3. The number of aryl methyl sites for hydroxylation is 3. The van der Waals surface area contributed by atoms with E-state index in [1.54, 1.807) is 18.3 Å². The molecule has 2 heterocycles. The summed E-state index contributed by atoms with van der Waals surface area (Å²) >= 11 is 0. The van der Waals surface area contributed by atoms with E-state index in [-0.39, 0.29) is 5.75 Å². The van der Waals surface area contributed by atoms with Gasteiger partial charge in [0.2, 0.25) is 5.95 Å². The van der Waals surface area contributed by atoms with Gasteiger partial charge in [0.1, 0.15) is 5.75 Å². The number of aromatic hydroxyl groups is 1. The van der Waals surface area contributed by atoms with E-state index in [9.17, 15) is 5.11 Å². The number of para-hydroxylation sites is 1. The average molecular weight is 344 g/mol. The Balaban J connectivity index is 1.76. The highest BCUT2D eigenvalue weighted by molar-refractivity contribution is 5.95. The summed E-state index contributed by atoms with van der Waals surface area (Å²) in [6, 6.07) is 13.7. The van der Waals surface area contributed by atoms with Crippen LogP contribution >= 0.6 is 0 Å². The van der Waals surface area contributed by atoms with Crippen molar-refractivity contribution in [2.75, 3.05) is 5.32 Å². The predicted molar refractivity (Wildman–Crippen MR) is 105 cm³/mol. The van der Waals surface area contributed by atoms with E-state index in [2.05, 4.69) is 33.2 Å². The molecular weight excluding hydrogens is 324 g/mol. The standard InChI is InChI=1S/C21H20N4O/c1-13-10-15(26)11-14(2)20(13)24-21-22-9-8-18(23-21)17-12-25(3)19-7-5-4-6-16(17)19/h4-12,26H,1-3H3,(H,22,23,24). The molecule has 0 spiro atoms. The highest BCUT2D eigenvalue weighted by Gasteiger charge is 2.12. The first-order valence-electron chi connectivity index (χ1n) is 8.47. The highest BCUT2D eigenvalue weighted by atomic mass is 16.3. The normalized spacial score (nSPS) is 11.0. The molecule has 5 nitrogen and oxygen atoms in total. The third-order valence-electron chi connectivity index (χ3n) is 4.58. The monoisotopic (exact) mass is 344 g/mol. The van der Waals surface area contributed by atoms with Crippen molar-refractivity contribution in [3.05, 3.63) is 66.0 Å². The maximum Gasteiger partial charge on any atom is 0.227 e. The third kappa shape index (κ3) is 2.77. The van der Waals surface area contributed by atoms with Gasteiger partial charge in [0.05, 0.1) is 5.69 Å². The van der Waals surface area contributed by atoms with E-state index in [1.807, 2.05) is 39.1 Å². The lowest BCUT2D eigenvalue weighted by Gasteiger charge is -2.12. The predicted octanol–water partition coefficient (Wildman–Crippen LogP) is 4.70. The van der Waals surface area contributed by atoms with Crippen molar-refractivity contribution < 1.29 is 5.11 Å². The van der Waals surface area contributed by atoms with Crippen LogP contribution in [-0.2, 0) is 7.05 Å². The van der Waals surface area contributed by atoms with E-state index in [1.165, 1.54) is 5.52 Å². The van der Waals surface area contributed by atoms with Gasteiger partial charge in [-0.05, 0) is 49.2 Å².